The Hall–Kier alpha value is -3.78. The van der Waals surface area contributed by atoms with Gasteiger partial charge in [0.15, 0.2) is 0 Å². The Kier molecular flexibility index (Phi) is 9.88. The maximum Gasteiger partial charge on any atom is 0.261 e. The lowest BCUT2D eigenvalue weighted by atomic mass is 10.0. The van der Waals surface area contributed by atoms with E-state index in [9.17, 15) is 19.2 Å². The molecule has 0 radical (unpaired) electrons. The van der Waals surface area contributed by atoms with Gasteiger partial charge in [-0.15, -0.1) is 0 Å². The van der Waals surface area contributed by atoms with Crippen molar-refractivity contribution in [3.05, 3.63) is 106 Å². The number of nitrogens with one attached hydrogen (secondary N) is 1. The first kappa shape index (κ1) is 29.2. The number of halogens is 1. The summed E-state index contributed by atoms with van der Waals surface area (Å²) in [6.07, 6.45) is 0.748. The normalized spacial score (nSPS) is 13.3. The minimum Gasteiger partial charge on any atom is -0.354 e. The molecule has 1 heterocycles. The molecule has 1 aliphatic rings. The molecule has 0 saturated carbocycles. The number of hydrogen-bond donors (Lipinski definition) is 1. The minimum absolute atomic E-state index is 0.0875. The van der Waals surface area contributed by atoms with Crippen LogP contribution in [-0.2, 0) is 22.6 Å². The van der Waals surface area contributed by atoms with Gasteiger partial charge in [0, 0.05) is 36.9 Å². The van der Waals surface area contributed by atoms with Crippen LogP contribution in [0.15, 0.2) is 83.3 Å². The van der Waals surface area contributed by atoms with Gasteiger partial charge in [-0.25, -0.2) is 0 Å². The van der Waals surface area contributed by atoms with Crippen LogP contribution in [0.25, 0.3) is 0 Å². The number of amides is 4. The third kappa shape index (κ3) is 7.24. The van der Waals surface area contributed by atoms with E-state index in [0.717, 1.165) is 15.6 Å². The Morgan fingerprint density at radius 3 is 2.12 bits per heavy atom. The smallest absolute Gasteiger partial charge is 0.261 e. The molecule has 1 aliphatic heterocycles. The summed E-state index contributed by atoms with van der Waals surface area (Å²) >= 11 is 3.50. The van der Waals surface area contributed by atoms with Crippen LogP contribution in [0.1, 0.15) is 58.5 Å². The fourth-order valence-electron chi connectivity index (χ4n) is 4.78. The van der Waals surface area contributed by atoms with E-state index in [1.54, 1.807) is 29.2 Å². The summed E-state index contributed by atoms with van der Waals surface area (Å²) in [6, 6.07) is 23.3. The van der Waals surface area contributed by atoms with Crippen molar-refractivity contribution in [2.75, 3.05) is 13.1 Å². The number of carbonyl (C=O) groups excluding carboxylic acids is 4. The molecule has 0 aromatic heterocycles. The van der Waals surface area contributed by atoms with Crippen LogP contribution in [0.3, 0.4) is 0 Å². The molecule has 3 aromatic rings. The summed E-state index contributed by atoms with van der Waals surface area (Å²) in [5.41, 5.74) is 2.61. The lowest BCUT2D eigenvalue weighted by Gasteiger charge is -2.32. The van der Waals surface area contributed by atoms with E-state index in [1.807, 2.05) is 68.4 Å². The zero-order chi connectivity index (χ0) is 28.6. The monoisotopic (exact) mass is 603 g/mol. The first-order valence-electron chi connectivity index (χ1n) is 13.6. The highest BCUT2D eigenvalue weighted by atomic mass is 79.9. The molecule has 208 valence electrons. The maximum atomic E-state index is 13.8. The van der Waals surface area contributed by atoms with Gasteiger partial charge >= 0.3 is 0 Å². The summed E-state index contributed by atoms with van der Waals surface area (Å²) in [5.74, 6) is -0.836. The van der Waals surface area contributed by atoms with Gasteiger partial charge in [-0.05, 0) is 47.7 Å². The van der Waals surface area contributed by atoms with Crippen LogP contribution >= 0.6 is 15.9 Å². The minimum atomic E-state index is -0.730. The molecule has 3 aromatic carbocycles. The highest BCUT2D eigenvalue weighted by Gasteiger charge is 2.35. The Labute approximate surface area is 243 Å². The molecule has 1 N–H and O–H groups in total. The van der Waals surface area contributed by atoms with Gasteiger partial charge in [0.25, 0.3) is 11.8 Å². The quantitative estimate of drug-likeness (QED) is 0.287. The van der Waals surface area contributed by atoms with Crippen LogP contribution < -0.4 is 5.32 Å². The lowest BCUT2D eigenvalue weighted by molar-refractivity contribution is -0.141. The number of nitrogens with zero attached hydrogens (tertiary/aromatic N) is 2. The van der Waals surface area contributed by atoms with Crippen molar-refractivity contribution >= 4 is 39.6 Å². The number of hydrogen-bond acceptors (Lipinski definition) is 4. The predicted octanol–water partition coefficient (Wildman–Crippen LogP) is 5.24. The molecule has 1 unspecified atom stereocenters. The standard InChI is InChI=1S/C32H34BrN3O4/c1-22(2)20-34-30(38)28(19-23-10-4-3-5-11-23)36(21-24-12-8-13-25(33)18-24)29(37)16-9-17-35-31(39)26-14-6-7-15-27(26)32(35)40/h3-8,10-15,18,22,28H,9,16-17,19-21H2,1-2H3,(H,34,38). The first-order chi connectivity index (χ1) is 19.2. The van der Waals surface area contributed by atoms with Gasteiger partial charge in [-0.1, -0.05) is 84.4 Å². The van der Waals surface area contributed by atoms with Crippen LogP contribution in [0.2, 0.25) is 0 Å². The number of carbonyl (C=O) groups is 4. The third-order valence-electron chi connectivity index (χ3n) is 6.85. The van der Waals surface area contributed by atoms with Crippen LogP contribution in [0, 0.1) is 5.92 Å². The molecule has 7 nitrogen and oxygen atoms in total. The maximum absolute atomic E-state index is 13.8. The van der Waals surface area contributed by atoms with Crippen molar-refractivity contribution in [1.82, 2.24) is 15.1 Å². The molecular weight excluding hydrogens is 570 g/mol. The SMILES string of the molecule is CC(C)CNC(=O)C(Cc1ccccc1)N(Cc1cccc(Br)c1)C(=O)CCCN1C(=O)c2ccccc2C1=O. The highest BCUT2D eigenvalue weighted by Crippen LogP contribution is 2.23. The number of fused-ring (bicyclic) bond motifs is 1. The van der Waals surface area contributed by atoms with Crippen LogP contribution in [-0.4, -0.2) is 52.6 Å². The van der Waals surface area contributed by atoms with E-state index in [1.165, 1.54) is 4.90 Å². The second kappa shape index (κ2) is 13.5. The van der Waals surface area contributed by atoms with Crippen molar-refractivity contribution < 1.29 is 19.2 Å². The zero-order valence-corrected chi connectivity index (χ0v) is 24.4. The summed E-state index contributed by atoms with van der Waals surface area (Å²) in [5, 5.41) is 3.02. The molecule has 0 fully saturated rings. The lowest BCUT2D eigenvalue weighted by Crippen LogP contribution is -2.51. The predicted molar refractivity (Wildman–Crippen MR) is 158 cm³/mol. The Morgan fingerprint density at radius 2 is 1.50 bits per heavy atom. The molecule has 40 heavy (non-hydrogen) atoms. The summed E-state index contributed by atoms with van der Waals surface area (Å²) in [7, 11) is 0. The fourth-order valence-corrected chi connectivity index (χ4v) is 5.23. The topological polar surface area (TPSA) is 86.8 Å². The second-order valence-corrected chi connectivity index (χ2v) is 11.3. The molecule has 0 bridgehead atoms. The van der Waals surface area contributed by atoms with E-state index < -0.39 is 6.04 Å². The molecule has 1 atom stereocenters. The molecule has 0 spiro atoms. The summed E-state index contributed by atoms with van der Waals surface area (Å²) in [4.78, 5) is 55.7. The molecule has 4 amide bonds. The molecule has 8 heteroatoms. The first-order valence-corrected chi connectivity index (χ1v) is 14.3. The third-order valence-corrected chi connectivity index (χ3v) is 7.34. The molecule has 0 aliphatic carbocycles. The summed E-state index contributed by atoms with van der Waals surface area (Å²) in [6.45, 7) is 4.93. The van der Waals surface area contributed by atoms with Gasteiger partial charge in [0.2, 0.25) is 11.8 Å². The Morgan fingerprint density at radius 1 is 0.875 bits per heavy atom. The van der Waals surface area contributed by atoms with Gasteiger partial charge in [-0.2, -0.15) is 0 Å². The van der Waals surface area contributed by atoms with Crippen molar-refractivity contribution in [1.29, 1.82) is 0 Å². The number of rotatable bonds is 12. The average molecular weight is 605 g/mol. The largest absolute Gasteiger partial charge is 0.354 e. The van der Waals surface area contributed by atoms with E-state index in [2.05, 4.69) is 21.2 Å². The van der Waals surface area contributed by atoms with Gasteiger partial charge in [0.1, 0.15) is 6.04 Å². The van der Waals surface area contributed by atoms with Gasteiger partial charge in [0.05, 0.1) is 11.1 Å². The average Bonchev–Trinajstić information content (AvgIpc) is 3.19. The van der Waals surface area contributed by atoms with E-state index in [4.69, 9.17) is 0 Å². The fraction of sp³-hybridized carbons (Fsp3) is 0.312. The van der Waals surface area contributed by atoms with E-state index >= 15 is 0 Å². The number of benzene rings is 3. The van der Waals surface area contributed by atoms with E-state index in [0.29, 0.717) is 30.5 Å². The van der Waals surface area contributed by atoms with Crippen LogP contribution in [0.4, 0.5) is 0 Å². The number of imide groups is 1. The summed E-state index contributed by atoms with van der Waals surface area (Å²) < 4.78 is 0.881. The van der Waals surface area contributed by atoms with E-state index in [-0.39, 0.29) is 49.1 Å². The van der Waals surface area contributed by atoms with Crippen molar-refractivity contribution in [3.8, 4) is 0 Å². The zero-order valence-electron chi connectivity index (χ0n) is 22.8. The second-order valence-electron chi connectivity index (χ2n) is 10.4. The van der Waals surface area contributed by atoms with Crippen molar-refractivity contribution in [3.63, 3.8) is 0 Å². The molecular formula is C32H34BrN3O4. The van der Waals surface area contributed by atoms with Gasteiger partial charge in [-0.3, -0.25) is 24.1 Å². The van der Waals surface area contributed by atoms with Crippen molar-refractivity contribution in [2.24, 2.45) is 5.92 Å². The molecule has 4 rings (SSSR count). The Bertz CT molecular complexity index is 1340. The highest BCUT2D eigenvalue weighted by molar-refractivity contribution is 9.10. The molecule has 0 saturated heterocycles. The van der Waals surface area contributed by atoms with Crippen LogP contribution in [0.5, 0.6) is 0 Å². The Balaban J connectivity index is 1.54. The van der Waals surface area contributed by atoms with Gasteiger partial charge < -0.3 is 10.2 Å². The van der Waals surface area contributed by atoms with Crippen molar-refractivity contribution in [2.45, 2.75) is 45.7 Å².